The van der Waals surface area contributed by atoms with Crippen LogP contribution in [0.1, 0.15) is 0 Å². The van der Waals surface area contributed by atoms with Gasteiger partial charge in [-0.2, -0.15) is 0 Å². The molecule has 0 fully saturated rings. The van der Waals surface area contributed by atoms with Crippen LogP contribution in [0.5, 0.6) is 0 Å². The third-order valence-electron chi connectivity index (χ3n) is 11.7. The summed E-state index contributed by atoms with van der Waals surface area (Å²) in [7, 11) is 0. The summed E-state index contributed by atoms with van der Waals surface area (Å²) in [6.07, 6.45) is 0. The smallest absolute Gasteiger partial charge is 0.164 e. The third-order valence-corrected chi connectivity index (χ3v) is 11.7. The fourth-order valence-corrected chi connectivity index (χ4v) is 8.76. The summed E-state index contributed by atoms with van der Waals surface area (Å²) in [4.78, 5) is 17.4. The van der Waals surface area contributed by atoms with Crippen molar-refractivity contribution in [3.05, 3.63) is 218 Å². The summed E-state index contributed by atoms with van der Waals surface area (Å²) in [5.41, 5.74) is 13.3. The van der Waals surface area contributed by atoms with Crippen LogP contribution in [0.3, 0.4) is 0 Å². The van der Waals surface area contributed by atoms with E-state index < -0.39 is 0 Å². The van der Waals surface area contributed by atoms with E-state index in [0.29, 0.717) is 17.5 Å². The zero-order chi connectivity index (χ0) is 41.7. The van der Waals surface area contributed by atoms with Gasteiger partial charge in [-0.25, -0.2) is 15.0 Å². The Labute approximate surface area is 363 Å². The summed E-state index contributed by atoms with van der Waals surface area (Å²) in [5.74, 6) is 1.79. The second kappa shape index (κ2) is 15.1. The topological polar surface area (TPSA) is 68.2 Å². The van der Waals surface area contributed by atoms with E-state index in [1.165, 1.54) is 5.56 Å². The number of anilines is 3. The molecule has 12 rings (SSSR count). The van der Waals surface area contributed by atoms with Gasteiger partial charge in [-0.05, 0) is 65.2 Å². The van der Waals surface area contributed by atoms with Gasteiger partial charge < -0.3 is 13.7 Å². The standard InChI is InChI=1S/C57H36N4O2/c1-4-16-37(17-5-1)40-22-14-23-41(34-40)44-24-10-12-27-49(44)61(42-30-32-46-45-25-11-13-28-50(45)62-52(46)35-42)43-31-33-47-53(36-43)63-51-29-15-26-48(54(47)51)57-59-55(38-18-6-2-7-19-38)58-56(60-57)39-20-8-3-9-21-39/h1-36H. The predicted octanol–water partition coefficient (Wildman–Crippen LogP) is 15.5. The molecule has 0 spiro atoms. The molecule has 6 heteroatoms. The first-order valence-corrected chi connectivity index (χ1v) is 21.0. The lowest BCUT2D eigenvalue weighted by molar-refractivity contribution is 0.669. The molecule has 296 valence electrons. The van der Waals surface area contributed by atoms with Crippen LogP contribution in [0.15, 0.2) is 227 Å². The molecule has 0 unspecified atom stereocenters. The fraction of sp³-hybridized carbons (Fsp3) is 0. The highest BCUT2D eigenvalue weighted by Gasteiger charge is 2.22. The molecule has 63 heavy (non-hydrogen) atoms. The van der Waals surface area contributed by atoms with E-state index in [0.717, 1.165) is 94.3 Å². The van der Waals surface area contributed by atoms with E-state index in [1.807, 2.05) is 84.9 Å². The van der Waals surface area contributed by atoms with Crippen molar-refractivity contribution in [1.29, 1.82) is 0 Å². The molecule has 0 aliphatic rings. The van der Waals surface area contributed by atoms with Crippen LogP contribution in [0.25, 0.3) is 100 Å². The first-order valence-electron chi connectivity index (χ1n) is 21.0. The number of furan rings is 2. The quantitative estimate of drug-likeness (QED) is 0.152. The minimum absolute atomic E-state index is 0.576. The van der Waals surface area contributed by atoms with E-state index in [9.17, 15) is 0 Å². The fourth-order valence-electron chi connectivity index (χ4n) is 8.76. The maximum atomic E-state index is 6.78. The molecule has 6 nitrogen and oxygen atoms in total. The molecule has 0 radical (unpaired) electrons. The molecular weight excluding hydrogens is 773 g/mol. The lowest BCUT2D eigenvalue weighted by atomic mass is 9.97. The maximum Gasteiger partial charge on any atom is 0.164 e. The predicted molar refractivity (Wildman–Crippen MR) is 256 cm³/mol. The van der Waals surface area contributed by atoms with Crippen LogP contribution in [0.4, 0.5) is 17.1 Å². The first-order chi connectivity index (χ1) is 31.2. The normalized spacial score (nSPS) is 11.5. The number of hydrogen-bond donors (Lipinski definition) is 0. The number of nitrogens with zero attached hydrogens (tertiary/aromatic N) is 4. The average molecular weight is 809 g/mol. The summed E-state index contributed by atoms with van der Waals surface area (Å²) < 4.78 is 13.3. The Morgan fingerprint density at radius 3 is 1.52 bits per heavy atom. The van der Waals surface area contributed by atoms with E-state index in [4.69, 9.17) is 23.8 Å². The van der Waals surface area contributed by atoms with E-state index in [2.05, 4.69) is 138 Å². The Hall–Kier alpha value is -8.61. The van der Waals surface area contributed by atoms with E-state index >= 15 is 0 Å². The minimum atomic E-state index is 0.576. The Balaban J connectivity index is 1.04. The van der Waals surface area contributed by atoms with Gasteiger partial charge in [0.25, 0.3) is 0 Å². The summed E-state index contributed by atoms with van der Waals surface area (Å²) >= 11 is 0. The lowest BCUT2D eigenvalue weighted by Crippen LogP contribution is -2.11. The monoisotopic (exact) mass is 808 g/mol. The Morgan fingerprint density at radius 2 is 0.794 bits per heavy atom. The number of fused-ring (bicyclic) bond motifs is 6. The highest BCUT2D eigenvalue weighted by atomic mass is 16.3. The summed E-state index contributed by atoms with van der Waals surface area (Å²) in [6.45, 7) is 0. The van der Waals surface area contributed by atoms with Crippen LogP contribution >= 0.6 is 0 Å². The number of para-hydroxylation sites is 2. The molecule has 0 atom stereocenters. The van der Waals surface area contributed by atoms with Gasteiger partial charge in [0, 0.05) is 67.3 Å². The molecule has 0 aliphatic carbocycles. The van der Waals surface area contributed by atoms with Crippen LogP contribution in [-0.2, 0) is 0 Å². The SMILES string of the molecule is c1ccc(-c2cccc(-c3ccccc3N(c3ccc4c(c3)oc3ccccc34)c3ccc4c(c3)oc3cccc(-c5nc(-c6ccccc6)nc(-c6ccccc6)n5)c34)c2)cc1. The molecule has 0 amide bonds. The van der Waals surface area contributed by atoms with E-state index in [1.54, 1.807) is 0 Å². The molecule has 0 bridgehead atoms. The van der Waals surface area contributed by atoms with Gasteiger partial charge in [0.15, 0.2) is 17.5 Å². The van der Waals surface area contributed by atoms with Crippen LogP contribution in [-0.4, -0.2) is 15.0 Å². The number of hydrogen-bond acceptors (Lipinski definition) is 6. The summed E-state index contributed by atoms with van der Waals surface area (Å²) in [5, 5.41) is 4.07. The van der Waals surface area contributed by atoms with Crippen molar-refractivity contribution in [3.8, 4) is 56.4 Å². The van der Waals surface area contributed by atoms with Crippen molar-refractivity contribution in [1.82, 2.24) is 15.0 Å². The second-order valence-electron chi connectivity index (χ2n) is 15.6. The number of aromatic nitrogens is 3. The van der Waals surface area contributed by atoms with Gasteiger partial charge in [0.05, 0.1) is 5.69 Å². The molecule has 0 N–H and O–H groups in total. The van der Waals surface area contributed by atoms with Crippen molar-refractivity contribution in [2.24, 2.45) is 0 Å². The minimum Gasteiger partial charge on any atom is -0.456 e. The molecule has 9 aromatic carbocycles. The van der Waals surface area contributed by atoms with Crippen molar-refractivity contribution in [3.63, 3.8) is 0 Å². The number of rotatable bonds is 8. The van der Waals surface area contributed by atoms with E-state index in [-0.39, 0.29) is 0 Å². The van der Waals surface area contributed by atoms with Gasteiger partial charge in [-0.3, -0.25) is 0 Å². The van der Waals surface area contributed by atoms with Crippen molar-refractivity contribution in [2.45, 2.75) is 0 Å². The van der Waals surface area contributed by atoms with Crippen molar-refractivity contribution in [2.75, 3.05) is 4.90 Å². The van der Waals surface area contributed by atoms with Gasteiger partial charge in [0.1, 0.15) is 22.3 Å². The Kier molecular flexibility index (Phi) is 8.71. The summed E-state index contributed by atoms with van der Waals surface area (Å²) in [6, 6.07) is 75.2. The largest absolute Gasteiger partial charge is 0.456 e. The first kappa shape index (κ1) is 36.3. The molecule has 0 saturated heterocycles. The Bertz CT molecular complexity index is 3580. The van der Waals surface area contributed by atoms with Crippen LogP contribution < -0.4 is 4.90 Å². The van der Waals surface area contributed by atoms with Gasteiger partial charge in [-0.15, -0.1) is 0 Å². The molecule has 12 aromatic rings. The van der Waals surface area contributed by atoms with Gasteiger partial charge in [-0.1, -0.05) is 158 Å². The highest BCUT2D eigenvalue weighted by Crippen LogP contribution is 2.45. The molecule has 0 aliphatic heterocycles. The van der Waals surface area contributed by atoms with Crippen molar-refractivity contribution >= 4 is 60.9 Å². The van der Waals surface area contributed by atoms with Gasteiger partial charge in [0.2, 0.25) is 0 Å². The lowest BCUT2D eigenvalue weighted by Gasteiger charge is -2.28. The zero-order valence-electron chi connectivity index (χ0n) is 33.9. The highest BCUT2D eigenvalue weighted by molar-refractivity contribution is 6.13. The van der Waals surface area contributed by atoms with Crippen LogP contribution in [0.2, 0.25) is 0 Å². The number of benzene rings is 9. The zero-order valence-corrected chi connectivity index (χ0v) is 33.9. The van der Waals surface area contributed by atoms with Crippen LogP contribution in [0, 0.1) is 0 Å². The average Bonchev–Trinajstić information content (AvgIpc) is 3.93. The second-order valence-corrected chi connectivity index (χ2v) is 15.6. The molecular formula is C57H36N4O2. The molecule has 3 aromatic heterocycles. The molecule has 3 heterocycles. The van der Waals surface area contributed by atoms with Crippen molar-refractivity contribution < 1.29 is 8.83 Å². The molecule has 0 saturated carbocycles. The van der Waals surface area contributed by atoms with Gasteiger partial charge >= 0.3 is 0 Å². The third kappa shape index (κ3) is 6.49. The Morgan fingerprint density at radius 1 is 0.302 bits per heavy atom. The maximum absolute atomic E-state index is 6.78.